The maximum Gasteiger partial charge on any atom is -0.000535 e. The van der Waals surface area contributed by atoms with Crippen LogP contribution in [-0.2, 0) is 10.8 Å². The molecule has 0 fully saturated rings. The van der Waals surface area contributed by atoms with Gasteiger partial charge in [0.25, 0.3) is 0 Å². The molecule has 0 N–H and O–H groups in total. The van der Waals surface area contributed by atoms with E-state index in [1.807, 2.05) is 0 Å². The van der Waals surface area contributed by atoms with Gasteiger partial charge in [-0.25, -0.2) is 0 Å². The molecule has 126 valence electrons. The fraction of sp³-hybridized carbons (Fsp3) is 0.231. The molecule has 5 aromatic rings. The standard InChI is InChI=1S/C26H22/c1-25(2)20-12-10-15-9-11-19-18-8-6-5-7-16(18)13-17-14-21(26(25,3)4)24(20)23(15)22(17)19/h5-14H,1-4H3. The Bertz CT molecular complexity index is 1370. The number of fused-ring (bicyclic) bond motifs is 2. The Morgan fingerprint density at radius 2 is 1.23 bits per heavy atom. The Morgan fingerprint density at radius 1 is 0.500 bits per heavy atom. The average Bonchev–Trinajstić information content (AvgIpc) is 2.79. The zero-order valence-electron chi connectivity index (χ0n) is 15.8. The third-order valence-corrected chi connectivity index (χ3v) is 7.52. The summed E-state index contributed by atoms with van der Waals surface area (Å²) in [5.41, 5.74) is 3.27. The summed E-state index contributed by atoms with van der Waals surface area (Å²) in [5, 5.41) is 11.2. The van der Waals surface area contributed by atoms with Gasteiger partial charge in [0.1, 0.15) is 0 Å². The Balaban J connectivity index is 1.99. The van der Waals surface area contributed by atoms with Crippen molar-refractivity contribution in [2.24, 2.45) is 0 Å². The highest BCUT2D eigenvalue weighted by Crippen LogP contribution is 2.57. The second kappa shape index (κ2) is 4.20. The molecular formula is C26H22. The third kappa shape index (κ3) is 1.41. The largest absolute Gasteiger partial charge is 0.0616 e. The van der Waals surface area contributed by atoms with Crippen molar-refractivity contribution in [2.75, 3.05) is 0 Å². The van der Waals surface area contributed by atoms with Gasteiger partial charge in [-0.1, -0.05) is 76.2 Å². The van der Waals surface area contributed by atoms with Crippen LogP contribution in [0.4, 0.5) is 0 Å². The van der Waals surface area contributed by atoms with E-state index >= 15 is 0 Å². The van der Waals surface area contributed by atoms with Crippen LogP contribution < -0.4 is 0 Å². The fourth-order valence-corrected chi connectivity index (χ4v) is 5.36. The first-order valence-electron chi connectivity index (χ1n) is 9.55. The zero-order valence-corrected chi connectivity index (χ0v) is 15.8. The average molecular weight is 334 g/mol. The molecule has 0 nitrogen and oxygen atoms in total. The Hall–Kier alpha value is -2.60. The van der Waals surface area contributed by atoms with Gasteiger partial charge in [-0.15, -0.1) is 0 Å². The molecule has 0 heterocycles. The number of hydrogen-bond acceptors (Lipinski definition) is 0. The van der Waals surface area contributed by atoms with E-state index in [1.165, 1.54) is 54.2 Å². The molecule has 1 aliphatic rings. The van der Waals surface area contributed by atoms with E-state index in [0.29, 0.717) is 0 Å². The molecule has 0 spiro atoms. The van der Waals surface area contributed by atoms with Crippen LogP contribution in [0.2, 0.25) is 0 Å². The first-order valence-corrected chi connectivity index (χ1v) is 9.55. The van der Waals surface area contributed by atoms with E-state index in [-0.39, 0.29) is 10.8 Å². The molecule has 0 heteroatoms. The van der Waals surface area contributed by atoms with Crippen LogP contribution in [0.5, 0.6) is 0 Å². The lowest BCUT2D eigenvalue weighted by molar-refractivity contribution is 0.322. The van der Waals surface area contributed by atoms with Crippen LogP contribution in [0, 0.1) is 0 Å². The van der Waals surface area contributed by atoms with Crippen LogP contribution in [0.15, 0.2) is 60.7 Å². The van der Waals surface area contributed by atoms with E-state index in [4.69, 9.17) is 0 Å². The summed E-state index contributed by atoms with van der Waals surface area (Å²) < 4.78 is 0. The lowest BCUT2D eigenvalue weighted by atomic mass is 9.66. The molecule has 0 aliphatic heterocycles. The summed E-state index contributed by atoms with van der Waals surface area (Å²) in [6.45, 7) is 9.64. The summed E-state index contributed by atoms with van der Waals surface area (Å²) in [6.07, 6.45) is 0. The predicted molar refractivity (Wildman–Crippen MR) is 114 cm³/mol. The van der Waals surface area contributed by atoms with Gasteiger partial charge in [0.05, 0.1) is 0 Å². The Kier molecular flexibility index (Phi) is 2.35. The second-order valence-electron chi connectivity index (χ2n) is 9.07. The quantitative estimate of drug-likeness (QED) is 0.206. The molecule has 0 saturated heterocycles. The van der Waals surface area contributed by atoms with Crippen LogP contribution in [0.25, 0.3) is 43.1 Å². The van der Waals surface area contributed by atoms with Crippen LogP contribution in [-0.4, -0.2) is 0 Å². The molecule has 26 heavy (non-hydrogen) atoms. The summed E-state index contributed by atoms with van der Waals surface area (Å²) >= 11 is 0. The van der Waals surface area contributed by atoms with Gasteiger partial charge in [-0.3, -0.25) is 0 Å². The SMILES string of the molecule is CC1(C)c2ccc3ccc4c5ccccc5cc5cc(c2c3c54)C1(C)C. The van der Waals surface area contributed by atoms with Crippen LogP contribution in [0.3, 0.4) is 0 Å². The minimum absolute atomic E-state index is 0.120. The number of rotatable bonds is 0. The van der Waals surface area contributed by atoms with E-state index < -0.39 is 0 Å². The Morgan fingerprint density at radius 3 is 2.08 bits per heavy atom. The molecule has 0 amide bonds. The van der Waals surface area contributed by atoms with Crippen molar-refractivity contribution < 1.29 is 0 Å². The van der Waals surface area contributed by atoms with Crippen molar-refractivity contribution in [3.63, 3.8) is 0 Å². The molecule has 6 rings (SSSR count). The minimum atomic E-state index is 0.120. The second-order valence-corrected chi connectivity index (χ2v) is 9.07. The van der Waals surface area contributed by atoms with Gasteiger partial charge in [-0.05, 0) is 77.2 Å². The lowest BCUT2D eigenvalue weighted by Crippen LogP contribution is -2.35. The third-order valence-electron chi connectivity index (χ3n) is 7.52. The van der Waals surface area contributed by atoms with Crippen LogP contribution >= 0.6 is 0 Å². The van der Waals surface area contributed by atoms with Gasteiger partial charge < -0.3 is 0 Å². The van der Waals surface area contributed by atoms with Gasteiger partial charge in [0.15, 0.2) is 0 Å². The minimum Gasteiger partial charge on any atom is -0.0616 e. The molecule has 1 aliphatic carbocycles. The molecule has 0 radical (unpaired) electrons. The highest BCUT2D eigenvalue weighted by Gasteiger charge is 2.47. The van der Waals surface area contributed by atoms with Crippen LogP contribution in [0.1, 0.15) is 38.8 Å². The zero-order chi connectivity index (χ0) is 17.8. The summed E-state index contributed by atoms with van der Waals surface area (Å²) in [6, 6.07) is 23.0. The van der Waals surface area contributed by atoms with Gasteiger partial charge in [-0.2, -0.15) is 0 Å². The fourth-order valence-electron chi connectivity index (χ4n) is 5.36. The van der Waals surface area contributed by atoms with Crippen molar-refractivity contribution in [1.29, 1.82) is 0 Å². The van der Waals surface area contributed by atoms with Crippen molar-refractivity contribution >= 4 is 43.1 Å². The van der Waals surface area contributed by atoms with Crippen molar-refractivity contribution in [1.82, 2.24) is 0 Å². The maximum atomic E-state index is 2.48. The molecule has 0 atom stereocenters. The van der Waals surface area contributed by atoms with Gasteiger partial charge >= 0.3 is 0 Å². The molecule has 0 saturated carbocycles. The molecule has 0 unspecified atom stereocenters. The Labute approximate surface area is 153 Å². The number of benzene rings is 5. The van der Waals surface area contributed by atoms with E-state index in [9.17, 15) is 0 Å². The van der Waals surface area contributed by atoms with Gasteiger partial charge in [0.2, 0.25) is 0 Å². The monoisotopic (exact) mass is 334 g/mol. The van der Waals surface area contributed by atoms with E-state index in [1.54, 1.807) is 0 Å². The molecule has 0 bridgehead atoms. The lowest BCUT2D eigenvalue weighted by Gasteiger charge is -2.37. The van der Waals surface area contributed by atoms with E-state index in [0.717, 1.165) is 0 Å². The number of hydrogen-bond donors (Lipinski definition) is 0. The van der Waals surface area contributed by atoms with E-state index in [2.05, 4.69) is 88.4 Å². The predicted octanol–water partition coefficient (Wildman–Crippen LogP) is 7.31. The molecule has 0 aromatic heterocycles. The highest BCUT2D eigenvalue weighted by molar-refractivity contribution is 6.30. The summed E-state index contributed by atoms with van der Waals surface area (Å²) in [7, 11) is 0. The molecular weight excluding hydrogens is 312 g/mol. The van der Waals surface area contributed by atoms with Crippen molar-refractivity contribution in [3.05, 3.63) is 71.8 Å². The van der Waals surface area contributed by atoms with Crippen molar-refractivity contribution in [3.8, 4) is 0 Å². The molecule has 5 aromatic carbocycles. The first kappa shape index (κ1) is 14.6. The van der Waals surface area contributed by atoms with Crippen molar-refractivity contribution in [2.45, 2.75) is 38.5 Å². The smallest absolute Gasteiger partial charge is 0.000535 e. The summed E-state index contributed by atoms with van der Waals surface area (Å²) in [4.78, 5) is 0. The van der Waals surface area contributed by atoms with Gasteiger partial charge in [0, 0.05) is 0 Å². The summed E-state index contributed by atoms with van der Waals surface area (Å²) in [5.74, 6) is 0. The first-order chi connectivity index (χ1) is 12.4. The maximum absolute atomic E-state index is 2.48. The topological polar surface area (TPSA) is 0 Å². The highest BCUT2D eigenvalue weighted by atomic mass is 14.5. The normalized spacial score (nSPS) is 17.8.